The van der Waals surface area contributed by atoms with Crippen molar-refractivity contribution < 1.29 is 14.0 Å². The van der Waals surface area contributed by atoms with Gasteiger partial charge in [-0.1, -0.05) is 67.1 Å². The molecule has 1 fully saturated rings. The van der Waals surface area contributed by atoms with E-state index >= 15 is 0 Å². The molecular weight excluding hydrogens is 447 g/mol. The van der Waals surface area contributed by atoms with Crippen LogP contribution in [0.1, 0.15) is 47.2 Å². The fourth-order valence-electron chi connectivity index (χ4n) is 4.44. The summed E-state index contributed by atoms with van der Waals surface area (Å²) in [4.78, 5) is 29.1. The van der Waals surface area contributed by atoms with Gasteiger partial charge in [-0.2, -0.15) is 0 Å². The lowest BCUT2D eigenvalue weighted by molar-refractivity contribution is -0.114. The summed E-state index contributed by atoms with van der Waals surface area (Å²) >= 11 is 1.41. The first-order valence-corrected chi connectivity index (χ1v) is 12.3. The van der Waals surface area contributed by atoms with Crippen molar-refractivity contribution >= 4 is 35.3 Å². The Kier molecular flexibility index (Phi) is 6.50. The molecule has 2 aliphatic rings. The Bertz CT molecular complexity index is 1250. The summed E-state index contributed by atoms with van der Waals surface area (Å²) in [5.74, 6) is -0.558. The number of halogens is 1. The molecule has 172 valence electrons. The lowest BCUT2D eigenvalue weighted by atomic mass is 10.1. The van der Waals surface area contributed by atoms with E-state index in [1.165, 1.54) is 30.7 Å². The van der Waals surface area contributed by atoms with Crippen molar-refractivity contribution in [3.05, 3.63) is 100 Å². The Morgan fingerprint density at radius 2 is 1.71 bits per heavy atom. The van der Waals surface area contributed by atoms with Crippen molar-refractivity contribution in [3.63, 3.8) is 0 Å². The molecule has 0 atom stereocenters. The summed E-state index contributed by atoms with van der Waals surface area (Å²) in [7, 11) is 0. The predicted molar refractivity (Wildman–Crippen MR) is 134 cm³/mol. The van der Waals surface area contributed by atoms with Gasteiger partial charge >= 0.3 is 0 Å². The number of carbonyl (C=O) groups is 2. The first-order chi connectivity index (χ1) is 16.6. The minimum atomic E-state index is -0.331. The number of carbonyl (C=O) groups excluding carboxylic acids is 2. The number of para-hydroxylation sites is 1. The molecule has 0 bridgehead atoms. The quantitative estimate of drug-likeness (QED) is 0.451. The van der Waals surface area contributed by atoms with Crippen molar-refractivity contribution in [1.29, 1.82) is 0 Å². The largest absolute Gasteiger partial charge is 0.349 e. The Labute approximate surface area is 202 Å². The van der Waals surface area contributed by atoms with Crippen molar-refractivity contribution in [2.24, 2.45) is 0 Å². The fourth-order valence-corrected chi connectivity index (χ4v) is 5.50. The summed E-state index contributed by atoms with van der Waals surface area (Å²) in [5.41, 5.74) is 2.69. The van der Waals surface area contributed by atoms with E-state index in [1.807, 2.05) is 42.5 Å². The summed E-state index contributed by atoms with van der Waals surface area (Å²) in [6.07, 6.45) is 6.25. The summed E-state index contributed by atoms with van der Waals surface area (Å²) in [6, 6.07) is 21.7. The SMILES string of the molecule is O=C(NC1CCCC1)c1ccc(C=C2Sc3ccccc3N(Cc3ccccc3F)C2=O)cc1. The Balaban J connectivity index is 1.39. The van der Waals surface area contributed by atoms with Crippen LogP contribution in [0.2, 0.25) is 0 Å². The number of rotatable bonds is 5. The third kappa shape index (κ3) is 4.77. The average molecular weight is 473 g/mol. The molecule has 1 heterocycles. The van der Waals surface area contributed by atoms with Gasteiger partial charge in [-0.25, -0.2) is 4.39 Å². The van der Waals surface area contributed by atoms with Gasteiger partial charge in [-0.15, -0.1) is 0 Å². The van der Waals surface area contributed by atoms with E-state index in [0.29, 0.717) is 16.0 Å². The van der Waals surface area contributed by atoms with E-state index in [-0.39, 0.29) is 30.2 Å². The van der Waals surface area contributed by atoms with E-state index < -0.39 is 0 Å². The van der Waals surface area contributed by atoms with Crippen LogP contribution in [0.3, 0.4) is 0 Å². The molecule has 5 rings (SSSR count). The second-order valence-corrected chi connectivity index (χ2v) is 9.72. The highest BCUT2D eigenvalue weighted by Crippen LogP contribution is 2.42. The van der Waals surface area contributed by atoms with Crippen LogP contribution in [0.5, 0.6) is 0 Å². The lowest BCUT2D eigenvalue weighted by Crippen LogP contribution is -2.34. The fraction of sp³-hybridized carbons (Fsp3) is 0.214. The highest BCUT2D eigenvalue weighted by molar-refractivity contribution is 8.04. The Morgan fingerprint density at radius 1 is 1.00 bits per heavy atom. The van der Waals surface area contributed by atoms with Crippen LogP contribution in [-0.2, 0) is 11.3 Å². The van der Waals surface area contributed by atoms with Gasteiger partial charge in [-0.05, 0) is 54.8 Å². The maximum Gasteiger partial charge on any atom is 0.265 e. The number of anilines is 1. The zero-order valence-electron chi connectivity index (χ0n) is 18.7. The number of nitrogens with one attached hydrogen (secondary N) is 1. The number of benzene rings is 3. The molecule has 0 radical (unpaired) electrons. The minimum Gasteiger partial charge on any atom is -0.349 e. The molecule has 0 aromatic heterocycles. The van der Waals surface area contributed by atoms with Crippen LogP contribution in [0, 0.1) is 5.82 Å². The van der Waals surface area contributed by atoms with Crippen LogP contribution in [0.15, 0.2) is 82.6 Å². The smallest absolute Gasteiger partial charge is 0.265 e. The molecule has 4 nitrogen and oxygen atoms in total. The van der Waals surface area contributed by atoms with E-state index in [0.717, 1.165) is 29.0 Å². The van der Waals surface area contributed by atoms with E-state index in [9.17, 15) is 14.0 Å². The third-order valence-corrected chi connectivity index (χ3v) is 7.36. The molecule has 1 aliphatic heterocycles. The van der Waals surface area contributed by atoms with E-state index in [1.54, 1.807) is 35.2 Å². The van der Waals surface area contributed by atoms with Gasteiger partial charge in [0.05, 0.1) is 17.1 Å². The van der Waals surface area contributed by atoms with Crippen LogP contribution < -0.4 is 10.2 Å². The van der Waals surface area contributed by atoms with Crippen molar-refractivity contribution in [2.75, 3.05) is 4.90 Å². The summed E-state index contributed by atoms with van der Waals surface area (Å²) < 4.78 is 14.3. The molecule has 0 unspecified atom stereocenters. The molecule has 1 saturated carbocycles. The number of amides is 2. The molecule has 0 saturated heterocycles. The number of hydrogen-bond acceptors (Lipinski definition) is 3. The summed E-state index contributed by atoms with van der Waals surface area (Å²) in [5, 5.41) is 3.10. The van der Waals surface area contributed by atoms with Crippen molar-refractivity contribution in [3.8, 4) is 0 Å². The first-order valence-electron chi connectivity index (χ1n) is 11.5. The Hall–Kier alpha value is -3.38. The van der Waals surface area contributed by atoms with Gasteiger partial charge in [0, 0.05) is 22.1 Å². The van der Waals surface area contributed by atoms with Crippen molar-refractivity contribution in [2.45, 2.75) is 43.2 Å². The van der Waals surface area contributed by atoms with Crippen LogP contribution in [-0.4, -0.2) is 17.9 Å². The van der Waals surface area contributed by atoms with Crippen LogP contribution in [0.4, 0.5) is 10.1 Å². The molecular formula is C28H25FN2O2S. The van der Waals surface area contributed by atoms with Gasteiger partial charge in [0.15, 0.2) is 0 Å². The average Bonchev–Trinajstić information content (AvgIpc) is 3.36. The van der Waals surface area contributed by atoms with Gasteiger partial charge in [-0.3, -0.25) is 9.59 Å². The highest BCUT2D eigenvalue weighted by atomic mass is 32.2. The van der Waals surface area contributed by atoms with Crippen molar-refractivity contribution in [1.82, 2.24) is 5.32 Å². The van der Waals surface area contributed by atoms with Crippen LogP contribution in [0.25, 0.3) is 6.08 Å². The zero-order chi connectivity index (χ0) is 23.5. The second-order valence-electron chi connectivity index (χ2n) is 8.64. The molecule has 3 aromatic rings. The maximum atomic E-state index is 14.3. The van der Waals surface area contributed by atoms with E-state index in [2.05, 4.69) is 5.32 Å². The molecule has 3 aromatic carbocycles. The third-order valence-electron chi connectivity index (χ3n) is 6.28. The minimum absolute atomic E-state index is 0.0563. The number of hydrogen-bond donors (Lipinski definition) is 1. The molecule has 6 heteroatoms. The van der Waals surface area contributed by atoms with Gasteiger partial charge in [0.2, 0.25) is 0 Å². The molecule has 34 heavy (non-hydrogen) atoms. The van der Waals surface area contributed by atoms with Gasteiger partial charge < -0.3 is 10.2 Å². The normalized spacial score (nSPS) is 17.1. The standard InChI is InChI=1S/C28H25FN2O2S/c29-23-10-4-1-7-21(23)18-31-24-11-5-6-12-25(24)34-26(28(31)33)17-19-13-15-20(16-14-19)27(32)30-22-8-2-3-9-22/h1,4-7,10-17,22H,2-3,8-9,18H2,(H,30,32). The number of nitrogens with zero attached hydrogens (tertiary/aromatic N) is 1. The predicted octanol–water partition coefficient (Wildman–Crippen LogP) is 6.18. The molecule has 2 amide bonds. The summed E-state index contributed by atoms with van der Waals surface area (Å²) in [6.45, 7) is 0.153. The molecule has 1 aliphatic carbocycles. The first kappa shape index (κ1) is 22.4. The number of fused-ring (bicyclic) bond motifs is 1. The maximum absolute atomic E-state index is 14.3. The number of thioether (sulfide) groups is 1. The van der Waals surface area contributed by atoms with Crippen LogP contribution >= 0.6 is 11.8 Å². The highest BCUT2D eigenvalue weighted by Gasteiger charge is 2.29. The zero-order valence-corrected chi connectivity index (χ0v) is 19.5. The van der Waals surface area contributed by atoms with Gasteiger partial charge in [0.25, 0.3) is 11.8 Å². The second kappa shape index (κ2) is 9.85. The molecule has 0 spiro atoms. The van der Waals surface area contributed by atoms with Gasteiger partial charge in [0.1, 0.15) is 5.82 Å². The topological polar surface area (TPSA) is 49.4 Å². The van der Waals surface area contributed by atoms with E-state index in [4.69, 9.17) is 0 Å². The molecule has 1 N–H and O–H groups in total. The Morgan fingerprint density at radius 3 is 2.47 bits per heavy atom. The lowest BCUT2D eigenvalue weighted by Gasteiger charge is -2.30. The monoisotopic (exact) mass is 472 g/mol.